The van der Waals surface area contributed by atoms with Gasteiger partial charge in [0.2, 0.25) is 0 Å². The molecule has 2 heterocycles. The minimum atomic E-state index is -1.95. The molecule has 3 aromatic rings. The van der Waals surface area contributed by atoms with E-state index in [0.29, 0.717) is 6.07 Å². The molecule has 0 saturated carbocycles. The molecule has 0 bridgehead atoms. The average molecular weight is 363 g/mol. The van der Waals surface area contributed by atoms with Crippen molar-refractivity contribution < 1.29 is 18.3 Å². The summed E-state index contributed by atoms with van der Waals surface area (Å²) in [6.45, 7) is 1.48. The predicted molar refractivity (Wildman–Crippen MR) is 85.3 cm³/mol. The fourth-order valence-corrected chi connectivity index (χ4v) is 3.12. The molecular formula is C17H16F3N5O. The van der Waals surface area contributed by atoms with Gasteiger partial charge < -0.3 is 5.11 Å². The van der Waals surface area contributed by atoms with Crippen molar-refractivity contribution in [1.82, 2.24) is 24.7 Å². The minimum Gasteiger partial charge on any atom is -0.382 e. The highest BCUT2D eigenvalue weighted by molar-refractivity contribution is 5.30. The highest BCUT2D eigenvalue weighted by Crippen LogP contribution is 2.41. The van der Waals surface area contributed by atoms with Crippen molar-refractivity contribution in [2.24, 2.45) is 0 Å². The third-order valence-electron chi connectivity index (χ3n) is 4.28. The zero-order valence-corrected chi connectivity index (χ0v) is 13.9. The summed E-state index contributed by atoms with van der Waals surface area (Å²) in [6.07, 6.45) is 4.96. The van der Waals surface area contributed by atoms with Gasteiger partial charge in [-0.2, -0.15) is 5.10 Å². The van der Waals surface area contributed by atoms with Crippen LogP contribution >= 0.6 is 0 Å². The Morgan fingerprint density at radius 3 is 2.58 bits per heavy atom. The first-order valence-corrected chi connectivity index (χ1v) is 7.91. The molecule has 3 rings (SSSR count). The molecular weight excluding hydrogens is 347 g/mol. The molecule has 0 aliphatic carbocycles. The molecule has 0 radical (unpaired) electrons. The normalized spacial score (nSPS) is 14.8. The van der Waals surface area contributed by atoms with E-state index in [0.717, 1.165) is 24.7 Å². The molecule has 1 unspecified atom stereocenters. The Bertz CT molecular complexity index is 890. The van der Waals surface area contributed by atoms with Crippen LogP contribution < -0.4 is 0 Å². The van der Waals surface area contributed by atoms with Gasteiger partial charge in [0.25, 0.3) is 0 Å². The molecule has 0 saturated heterocycles. The fraction of sp³-hybridized carbons (Fsp3) is 0.294. The first-order chi connectivity index (χ1) is 12.5. The van der Waals surface area contributed by atoms with Crippen LogP contribution in [0.15, 0.2) is 43.4 Å². The molecule has 0 spiro atoms. The zero-order chi connectivity index (χ0) is 18.7. The van der Waals surface area contributed by atoms with E-state index in [1.807, 2.05) is 0 Å². The number of aliphatic hydroxyl groups is 1. The van der Waals surface area contributed by atoms with Gasteiger partial charge in [0.1, 0.15) is 36.2 Å². The quantitative estimate of drug-likeness (QED) is 0.728. The van der Waals surface area contributed by atoms with Crippen molar-refractivity contribution in [2.45, 2.75) is 31.4 Å². The number of benzene rings is 1. The van der Waals surface area contributed by atoms with E-state index < -0.39 is 29.0 Å². The lowest BCUT2D eigenvalue weighted by Crippen LogP contribution is -2.40. The van der Waals surface area contributed by atoms with Gasteiger partial charge >= 0.3 is 0 Å². The summed E-state index contributed by atoms with van der Waals surface area (Å²) in [6, 6.07) is 2.85. The summed E-state index contributed by atoms with van der Waals surface area (Å²) in [7, 11) is 0. The number of nitrogens with zero attached hydrogens (tertiary/aromatic N) is 5. The van der Waals surface area contributed by atoms with Crippen LogP contribution in [0.5, 0.6) is 0 Å². The maximum Gasteiger partial charge on any atom is 0.163 e. The van der Waals surface area contributed by atoms with E-state index in [4.69, 9.17) is 0 Å². The van der Waals surface area contributed by atoms with Crippen molar-refractivity contribution >= 4 is 0 Å². The Kier molecular flexibility index (Phi) is 4.99. The van der Waals surface area contributed by atoms with Crippen LogP contribution in [0, 0.1) is 17.5 Å². The number of hydrogen-bond acceptors (Lipinski definition) is 5. The molecule has 2 atom stereocenters. The topological polar surface area (TPSA) is 76.7 Å². The van der Waals surface area contributed by atoms with E-state index in [2.05, 4.69) is 20.1 Å². The smallest absolute Gasteiger partial charge is 0.163 e. The van der Waals surface area contributed by atoms with Crippen molar-refractivity contribution in [3.8, 4) is 0 Å². The second-order valence-electron chi connectivity index (χ2n) is 5.86. The zero-order valence-electron chi connectivity index (χ0n) is 13.9. The second-order valence-corrected chi connectivity index (χ2v) is 5.86. The van der Waals surface area contributed by atoms with Crippen LogP contribution in [0.25, 0.3) is 0 Å². The van der Waals surface area contributed by atoms with Gasteiger partial charge in [0.05, 0.1) is 18.4 Å². The van der Waals surface area contributed by atoms with Gasteiger partial charge in [-0.05, 0) is 12.5 Å². The summed E-state index contributed by atoms with van der Waals surface area (Å²) in [5.41, 5.74) is -2.19. The largest absolute Gasteiger partial charge is 0.382 e. The summed E-state index contributed by atoms with van der Waals surface area (Å²) in [5.74, 6) is -3.38. The number of hydrogen-bond donors (Lipinski definition) is 1. The maximum absolute atomic E-state index is 14.5. The SMILES string of the molecule is CCC(c1ncncc1F)[C@](O)(Cn1cncn1)c1ccc(F)cc1F. The van der Waals surface area contributed by atoms with Crippen molar-refractivity contribution in [1.29, 1.82) is 0 Å². The Balaban J connectivity index is 2.17. The van der Waals surface area contributed by atoms with Gasteiger partial charge in [-0.15, -0.1) is 0 Å². The van der Waals surface area contributed by atoms with E-state index in [-0.39, 0.29) is 24.2 Å². The molecule has 1 N–H and O–H groups in total. The highest BCUT2D eigenvalue weighted by Gasteiger charge is 2.43. The molecule has 0 amide bonds. The van der Waals surface area contributed by atoms with Crippen LogP contribution in [0.4, 0.5) is 13.2 Å². The van der Waals surface area contributed by atoms with Gasteiger partial charge in [-0.1, -0.05) is 13.0 Å². The Labute approximate surface area is 147 Å². The van der Waals surface area contributed by atoms with E-state index in [9.17, 15) is 18.3 Å². The highest BCUT2D eigenvalue weighted by atomic mass is 19.1. The molecule has 0 fully saturated rings. The third kappa shape index (κ3) is 3.30. The summed E-state index contributed by atoms with van der Waals surface area (Å²) >= 11 is 0. The van der Waals surface area contributed by atoms with E-state index in [1.54, 1.807) is 6.92 Å². The van der Waals surface area contributed by atoms with E-state index >= 15 is 0 Å². The molecule has 2 aromatic heterocycles. The van der Waals surface area contributed by atoms with Crippen molar-refractivity contribution in [3.05, 3.63) is 72.1 Å². The third-order valence-corrected chi connectivity index (χ3v) is 4.28. The molecule has 6 nitrogen and oxygen atoms in total. The predicted octanol–water partition coefficient (Wildman–Crippen LogP) is 2.57. The first-order valence-electron chi connectivity index (χ1n) is 7.91. The molecule has 0 aliphatic rings. The Morgan fingerprint density at radius 1 is 1.15 bits per heavy atom. The molecule has 26 heavy (non-hydrogen) atoms. The Hall–Kier alpha value is -2.81. The van der Waals surface area contributed by atoms with Crippen LogP contribution in [0.3, 0.4) is 0 Å². The first kappa shape index (κ1) is 18.0. The lowest BCUT2D eigenvalue weighted by molar-refractivity contribution is -0.0199. The Morgan fingerprint density at radius 2 is 1.96 bits per heavy atom. The van der Waals surface area contributed by atoms with Gasteiger partial charge in [0.15, 0.2) is 5.82 Å². The standard InChI is InChI=1S/C17H16F3N5O/c1-2-12(16-15(20)6-21-8-23-16)17(26,7-25-10-22-9-24-25)13-4-3-11(18)5-14(13)19/h3-6,8-10,12,26H,2,7H2,1H3/t12?,17-/m1/s1. The van der Waals surface area contributed by atoms with Gasteiger partial charge in [-0.3, -0.25) is 0 Å². The lowest BCUT2D eigenvalue weighted by atomic mass is 9.77. The van der Waals surface area contributed by atoms with Crippen LogP contribution in [-0.2, 0) is 12.1 Å². The second kappa shape index (κ2) is 7.20. The van der Waals surface area contributed by atoms with Gasteiger partial charge in [-0.25, -0.2) is 32.8 Å². The average Bonchev–Trinajstić information content (AvgIpc) is 3.09. The van der Waals surface area contributed by atoms with E-state index in [1.165, 1.54) is 17.3 Å². The van der Waals surface area contributed by atoms with Crippen molar-refractivity contribution in [3.63, 3.8) is 0 Å². The number of rotatable bonds is 6. The molecule has 136 valence electrons. The molecule has 0 aliphatic heterocycles. The summed E-state index contributed by atoms with van der Waals surface area (Å²) in [5, 5.41) is 15.4. The molecule has 9 heteroatoms. The number of halogens is 3. The minimum absolute atomic E-state index is 0.0613. The van der Waals surface area contributed by atoms with Gasteiger partial charge in [0, 0.05) is 17.5 Å². The summed E-state index contributed by atoms with van der Waals surface area (Å²) < 4.78 is 43.5. The lowest BCUT2D eigenvalue weighted by Gasteiger charge is -2.36. The number of aromatic nitrogens is 5. The monoisotopic (exact) mass is 363 g/mol. The molecule has 1 aromatic carbocycles. The van der Waals surface area contributed by atoms with Crippen LogP contribution in [-0.4, -0.2) is 29.8 Å². The van der Waals surface area contributed by atoms with Crippen LogP contribution in [0.1, 0.15) is 30.5 Å². The van der Waals surface area contributed by atoms with Crippen molar-refractivity contribution in [2.75, 3.05) is 0 Å². The summed E-state index contributed by atoms with van der Waals surface area (Å²) in [4.78, 5) is 11.3. The fourth-order valence-electron chi connectivity index (χ4n) is 3.12. The maximum atomic E-state index is 14.5. The van der Waals surface area contributed by atoms with Crippen LogP contribution in [0.2, 0.25) is 0 Å².